The van der Waals surface area contributed by atoms with Crippen LogP contribution in [0, 0.1) is 6.92 Å². The van der Waals surface area contributed by atoms with Crippen LogP contribution in [0.1, 0.15) is 18.4 Å². The highest BCUT2D eigenvalue weighted by Crippen LogP contribution is 2.27. The van der Waals surface area contributed by atoms with Crippen LogP contribution in [0.4, 0.5) is 5.69 Å². The van der Waals surface area contributed by atoms with E-state index in [0.717, 1.165) is 36.7 Å². The maximum atomic E-state index is 5.50. The quantitative estimate of drug-likeness (QED) is 0.685. The third-order valence-corrected chi connectivity index (χ3v) is 4.30. The number of rotatable bonds is 3. The highest BCUT2D eigenvalue weighted by Gasteiger charge is 2.35. The molecule has 1 aliphatic heterocycles. The molecule has 0 bridgehead atoms. The number of hydrogen-bond donors (Lipinski definition) is 1. The molecule has 1 aromatic rings. The van der Waals surface area contributed by atoms with E-state index in [1.54, 1.807) is 14.2 Å². The van der Waals surface area contributed by atoms with E-state index in [2.05, 4.69) is 23.2 Å². The van der Waals surface area contributed by atoms with E-state index in [1.807, 2.05) is 18.2 Å². The highest BCUT2D eigenvalue weighted by molar-refractivity contribution is 7.80. The first-order valence-corrected chi connectivity index (χ1v) is 7.23. The van der Waals surface area contributed by atoms with Crippen LogP contribution in [0.25, 0.3) is 0 Å². The molecule has 1 aliphatic rings. The molecule has 110 valence electrons. The molecule has 0 radical (unpaired) electrons. The van der Waals surface area contributed by atoms with E-state index in [1.165, 1.54) is 5.56 Å². The van der Waals surface area contributed by atoms with Crippen molar-refractivity contribution in [1.29, 1.82) is 0 Å². The van der Waals surface area contributed by atoms with Crippen molar-refractivity contribution < 1.29 is 9.47 Å². The van der Waals surface area contributed by atoms with Gasteiger partial charge in [-0.3, -0.25) is 0 Å². The molecular weight excluding hydrogens is 272 g/mol. The van der Waals surface area contributed by atoms with E-state index in [4.69, 9.17) is 21.7 Å². The van der Waals surface area contributed by atoms with E-state index < -0.39 is 5.79 Å². The molecule has 0 spiro atoms. The lowest BCUT2D eigenvalue weighted by atomic mass is 10.0. The van der Waals surface area contributed by atoms with Crippen molar-refractivity contribution in [3.63, 3.8) is 0 Å². The van der Waals surface area contributed by atoms with Crippen LogP contribution in [0.3, 0.4) is 0 Å². The van der Waals surface area contributed by atoms with E-state index in [9.17, 15) is 0 Å². The fraction of sp³-hybridized carbons (Fsp3) is 0.533. The summed E-state index contributed by atoms with van der Waals surface area (Å²) in [6, 6.07) is 8.15. The summed E-state index contributed by atoms with van der Waals surface area (Å²) in [6.45, 7) is 3.74. The minimum Gasteiger partial charge on any atom is -0.353 e. The molecule has 1 saturated heterocycles. The van der Waals surface area contributed by atoms with Crippen LogP contribution in [0.2, 0.25) is 0 Å². The Morgan fingerprint density at radius 2 is 1.80 bits per heavy atom. The van der Waals surface area contributed by atoms with Crippen LogP contribution in [0.5, 0.6) is 0 Å². The van der Waals surface area contributed by atoms with Gasteiger partial charge in [0.25, 0.3) is 0 Å². The number of likely N-dealkylation sites (tertiary alicyclic amines) is 1. The number of nitrogens with one attached hydrogen (secondary N) is 1. The van der Waals surface area contributed by atoms with Crippen LogP contribution in [-0.4, -0.2) is 43.1 Å². The Kier molecular flexibility index (Phi) is 4.96. The zero-order chi connectivity index (χ0) is 14.6. The molecule has 1 N–H and O–H groups in total. The molecule has 20 heavy (non-hydrogen) atoms. The van der Waals surface area contributed by atoms with Gasteiger partial charge in [-0.05, 0) is 30.8 Å². The summed E-state index contributed by atoms with van der Waals surface area (Å²) in [7, 11) is 3.39. The lowest BCUT2D eigenvalue weighted by Crippen LogP contribution is -2.49. The summed E-state index contributed by atoms with van der Waals surface area (Å²) in [4.78, 5) is 2.16. The van der Waals surface area contributed by atoms with Crippen LogP contribution >= 0.6 is 12.2 Å². The van der Waals surface area contributed by atoms with Crippen molar-refractivity contribution in [2.24, 2.45) is 0 Å². The second kappa shape index (κ2) is 6.52. The Hall–Kier alpha value is -1.17. The summed E-state index contributed by atoms with van der Waals surface area (Å²) in [5.41, 5.74) is 2.25. The Morgan fingerprint density at radius 1 is 1.20 bits per heavy atom. The molecule has 2 rings (SSSR count). The van der Waals surface area contributed by atoms with Gasteiger partial charge in [0, 0.05) is 45.8 Å². The van der Waals surface area contributed by atoms with E-state index >= 15 is 0 Å². The highest BCUT2D eigenvalue weighted by atomic mass is 32.1. The van der Waals surface area contributed by atoms with Gasteiger partial charge >= 0.3 is 0 Å². The van der Waals surface area contributed by atoms with Crippen LogP contribution in [0.15, 0.2) is 24.3 Å². The van der Waals surface area contributed by atoms with Crippen molar-refractivity contribution in [2.75, 3.05) is 32.6 Å². The average molecular weight is 294 g/mol. The lowest BCUT2D eigenvalue weighted by molar-refractivity contribution is -0.225. The van der Waals surface area contributed by atoms with Gasteiger partial charge in [-0.1, -0.05) is 18.2 Å². The third-order valence-electron chi connectivity index (χ3n) is 3.94. The monoisotopic (exact) mass is 294 g/mol. The first-order valence-electron chi connectivity index (χ1n) is 6.82. The number of aryl methyl sites for hydroxylation is 1. The van der Waals surface area contributed by atoms with Crippen molar-refractivity contribution >= 4 is 23.0 Å². The minimum atomic E-state index is -0.450. The topological polar surface area (TPSA) is 33.7 Å². The second-order valence-corrected chi connectivity index (χ2v) is 5.44. The van der Waals surface area contributed by atoms with Gasteiger partial charge in [0.15, 0.2) is 10.9 Å². The first-order chi connectivity index (χ1) is 9.60. The Morgan fingerprint density at radius 3 is 2.35 bits per heavy atom. The van der Waals surface area contributed by atoms with Gasteiger partial charge in [-0.2, -0.15) is 0 Å². The standard InChI is InChI=1S/C15H22N2O2S/c1-12-6-4-5-7-13(12)16-14(20)17-10-8-15(18-2,19-3)9-11-17/h4-7H,8-11H2,1-3H3,(H,16,20). The summed E-state index contributed by atoms with van der Waals surface area (Å²) >= 11 is 5.50. The third kappa shape index (κ3) is 3.29. The average Bonchev–Trinajstić information content (AvgIpc) is 2.49. The molecule has 0 atom stereocenters. The molecule has 0 amide bonds. The molecule has 5 heteroatoms. The van der Waals surface area contributed by atoms with Crippen molar-refractivity contribution in [2.45, 2.75) is 25.6 Å². The number of piperidine rings is 1. The van der Waals surface area contributed by atoms with Gasteiger partial charge in [-0.25, -0.2) is 0 Å². The molecule has 0 saturated carbocycles. The SMILES string of the molecule is COC1(OC)CCN(C(=S)Nc2ccccc2C)CC1. The van der Waals surface area contributed by atoms with Crippen LogP contribution in [-0.2, 0) is 9.47 Å². The summed E-state index contributed by atoms with van der Waals surface area (Å²) < 4.78 is 11.0. The maximum Gasteiger partial charge on any atom is 0.173 e. The summed E-state index contributed by atoms with van der Waals surface area (Å²) in [5.74, 6) is -0.450. The van der Waals surface area contributed by atoms with Crippen molar-refractivity contribution in [1.82, 2.24) is 4.90 Å². The maximum absolute atomic E-state index is 5.50. The Balaban J connectivity index is 1.94. The Bertz CT molecular complexity index is 465. The van der Waals surface area contributed by atoms with E-state index in [0.29, 0.717) is 0 Å². The molecule has 4 nitrogen and oxygen atoms in total. The molecular formula is C15H22N2O2S. The van der Waals surface area contributed by atoms with E-state index in [-0.39, 0.29) is 0 Å². The van der Waals surface area contributed by atoms with Gasteiger partial charge in [0.2, 0.25) is 0 Å². The fourth-order valence-corrected chi connectivity index (χ4v) is 2.74. The molecule has 0 unspecified atom stereocenters. The molecule has 1 heterocycles. The fourth-order valence-electron chi connectivity index (χ4n) is 2.45. The predicted octanol–water partition coefficient (Wildman–Crippen LogP) is 2.78. The van der Waals surface area contributed by atoms with Crippen LogP contribution < -0.4 is 5.32 Å². The zero-order valence-corrected chi connectivity index (χ0v) is 13.1. The number of methoxy groups -OCH3 is 2. The van der Waals surface area contributed by atoms with Gasteiger partial charge in [-0.15, -0.1) is 0 Å². The molecule has 0 aliphatic carbocycles. The first kappa shape index (κ1) is 15.2. The van der Waals surface area contributed by atoms with Crippen molar-refractivity contribution in [3.05, 3.63) is 29.8 Å². The van der Waals surface area contributed by atoms with Crippen molar-refractivity contribution in [3.8, 4) is 0 Å². The number of benzene rings is 1. The number of anilines is 1. The number of thiocarbonyl (C=S) groups is 1. The van der Waals surface area contributed by atoms with Gasteiger partial charge in [0.05, 0.1) is 0 Å². The summed E-state index contributed by atoms with van der Waals surface area (Å²) in [6.07, 6.45) is 1.63. The normalized spacial score (nSPS) is 17.9. The Labute approximate surface area is 126 Å². The number of para-hydroxylation sites is 1. The van der Waals surface area contributed by atoms with Gasteiger partial charge in [0.1, 0.15) is 0 Å². The smallest absolute Gasteiger partial charge is 0.173 e. The minimum absolute atomic E-state index is 0.450. The summed E-state index contributed by atoms with van der Waals surface area (Å²) in [5, 5.41) is 4.08. The molecule has 1 fully saturated rings. The van der Waals surface area contributed by atoms with Gasteiger partial charge < -0.3 is 19.7 Å². The number of nitrogens with zero attached hydrogens (tertiary/aromatic N) is 1. The lowest BCUT2D eigenvalue weighted by Gasteiger charge is -2.40. The zero-order valence-electron chi connectivity index (χ0n) is 12.3. The molecule has 1 aromatic carbocycles. The number of ether oxygens (including phenoxy) is 2. The number of hydrogen-bond acceptors (Lipinski definition) is 3. The molecule has 0 aromatic heterocycles. The largest absolute Gasteiger partial charge is 0.353 e. The predicted molar refractivity (Wildman–Crippen MR) is 85.0 cm³/mol. The second-order valence-electron chi connectivity index (χ2n) is 5.05.